The van der Waals surface area contributed by atoms with Crippen LogP contribution in [0.1, 0.15) is 10.4 Å². The zero-order valence-corrected chi connectivity index (χ0v) is 13.0. The summed E-state index contributed by atoms with van der Waals surface area (Å²) in [5.41, 5.74) is -5.03. The van der Waals surface area contributed by atoms with E-state index in [1.165, 1.54) is 17.4 Å². The highest BCUT2D eigenvalue weighted by molar-refractivity contribution is 9.10. The molecule has 0 fully saturated rings. The van der Waals surface area contributed by atoms with Crippen molar-refractivity contribution in [2.24, 2.45) is 0 Å². The minimum Gasteiger partial charge on any atom is -0.320 e. The number of thiophene rings is 1. The summed E-state index contributed by atoms with van der Waals surface area (Å²) in [7, 11) is -5.61. The molecule has 0 atom stereocenters. The fraction of sp³-hybridized carbons (Fsp3) is 0.182. The SMILES string of the molecule is N#CCc1cc2cc(C(F)(F)P(=O)(O)O)c(Br)cc2s1. The van der Waals surface area contributed by atoms with Crippen LogP contribution in [-0.4, -0.2) is 9.79 Å². The van der Waals surface area contributed by atoms with Crippen molar-refractivity contribution in [1.82, 2.24) is 0 Å². The monoisotopic (exact) mass is 381 g/mol. The van der Waals surface area contributed by atoms with Crippen LogP contribution < -0.4 is 0 Å². The summed E-state index contributed by atoms with van der Waals surface area (Å²) in [6.07, 6.45) is 0.154. The van der Waals surface area contributed by atoms with E-state index >= 15 is 0 Å². The number of hydrogen-bond donors (Lipinski definition) is 2. The Morgan fingerprint density at radius 3 is 2.60 bits per heavy atom. The van der Waals surface area contributed by atoms with E-state index in [1.54, 1.807) is 6.07 Å². The van der Waals surface area contributed by atoms with Crippen LogP contribution in [-0.2, 0) is 16.6 Å². The standard InChI is InChI=1S/C11H7BrF2NO3PS/c12-9-5-10-6(3-7(20-10)1-2-15)4-8(9)11(13,14)19(16,17)18/h3-5H,1H2,(H2,16,17,18). The molecule has 4 nitrogen and oxygen atoms in total. The molecular formula is C11H7BrF2NO3PS. The van der Waals surface area contributed by atoms with Gasteiger partial charge in [-0.25, -0.2) is 0 Å². The number of alkyl halides is 2. The Labute approximate surface area is 124 Å². The summed E-state index contributed by atoms with van der Waals surface area (Å²) in [6.45, 7) is 0. The number of rotatable bonds is 3. The van der Waals surface area contributed by atoms with E-state index in [1.807, 2.05) is 6.07 Å². The second-order valence-corrected chi connectivity index (χ2v) is 7.68. The zero-order chi connectivity index (χ0) is 15.1. The highest BCUT2D eigenvalue weighted by Crippen LogP contribution is 2.60. The quantitative estimate of drug-likeness (QED) is 0.788. The molecule has 0 unspecified atom stereocenters. The van der Waals surface area contributed by atoms with Gasteiger partial charge in [0.2, 0.25) is 0 Å². The Balaban J connectivity index is 2.64. The summed E-state index contributed by atoms with van der Waals surface area (Å²) in [4.78, 5) is 18.3. The minimum absolute atomic E-state index is 0.0799. The maximum absolute atomic E-state index is 13.8. The second-order valence-electron chi connectivity index (χ2n) is 4.00. The van der Waals surface area contributed by atoms with E-state index in [-0.39, 0.29) is 10.9 Å². The van der Waals surface area contributed by atoms with Gasteiger partial charge in [-0.05, 0) is 23.6 Å². The van der Waals surface area contributed by atoms with Crippen molar-refractivity contribution >= 4 is 44.9 Å². The molecule has 20 heavy (non-hydrogen) atoms. The van der Waals surface area contributed by atoms with Crippen LogP contribution in [0.25, 0.3) is 10.1 Å². The molecule has 0 aliphatic rings. The molecule has 2 rings (SSSR count). The normalized spacial score (nSPS) is 12.6. The van der Waals surface area contributed by atoms with Gasteiger partial charge < -0.3 is 9.79 Å². The third-order valence-electron chi connectivity index (χ3n) is 2.60. The maximum Gasteiger partial charge on any atom is 0.399 e. The number of benzene rings is 1. The van der Waals surface area contributed by atoms with Gasteiger partial charge in [-0.2, -0.15) is 14.0 Å². The van der Waals surface area contributed by atoms with E-state index in [2.05, 4.69) is 15.9 Å². The molecule has 9 heteroatoms. The van der Waals surface area contributed by atoms with E-state index in [0.717, 1.165) is 6.07 Å². The third kappa shape index (κ3) is 2.65. The average Bonchev–Trinajstić information content (AvgIpc) is 2.68. The van der Waals surface area contributed by atoms with Gasteiger partial charge in [0.25, 0.3) is 0 Å². The Morgan fingerprint density at radius 2 is 2.05 bits per heavy atom. The first-order chi connectivity index (χ1) is 9.16. The van der Waals surface area contributed by atoms with Gasteiger partial charge in [0.05, 0.1) is 12.5 Å². The number of nitriles is 1. The summed E-state index contributed by atoms with van der Waals surface area (Å²) in [6, 6.07) is 5.93. The molecule has 1 heterocycles. The van der Waals surface area contributed by atoms with Gasteiger partial charge in [0, 0.05) is 19.6 Å². The van der Waals surface area contributed by atoms with Gasteiger partial charge in [-0.15, -0.1) is 11.3 Å². The number of nitrogens with zero attached hydrogens (tertiary/aromatic N) is 1. The minimum atomic E-state index is -5.61. The molecule has 1 aromatic heterocycles. The fourth-order valence-electron chi connectivity index (χ4n) is 1.67. The second kappa shape index (κ2) is 5.17. The Bertz CT molecular complexity index is 765. The molecule has 0 aliphatic carbocycles. The van der Waals surface area contributed by atoms with Crippen molar-refractivity contribution in [3.8, 4) is 6.07 Å². The summed E-state index contributed by atoms with van der Waals surface area (Å²) < 4.78 is 39.0. The van der Waals surface area contributed by atoms with Crippen LogP contribution in [0.2, 0.25) is 0 Å². The van der Waals surface area contributed by atoms with Crippen LogP contribution in [0, 0.1) is 11.3 Å². The van der Waals surface area contributed by atoms with Gasteiger partial charge in [-0.1, -0.05) is 15.9 Å². The molecular weight excluding hydrogens is 375 g/mol. The predicted molar refractivity (Wildman–Crippen MR) is 74.8 cm³/mol. The van der Waals surface area contributed by atoms with E-state index in [0.29, 0.717) is 15.0 Å². The smallest absolute Gasteiger partial charge is 0.320 e. The predicted octanol–water partition coefficient (Wildman–Crippen LogP) is 3.96. The van der Waals surface area contributed by atoms with Gasteiger partial charge in [-0.3, -0.25) is 4.57 Å². The topological polar surface area (TPSA) is 81.3 Å². The van der Waals surface area contributed by atoms with Gasteiger partial charge in [0.15, 0.2) is 0 Å². The fourth-order valence-corrected chi connectivity index (χ4v) is 4.08. The van der Waals surface area contributed by atoms with Crippen molar-refractivity contribution in [2.45, 2.75) is 12.1 Å². The lowest BCUT2D eigenvalue weighted by atomic mass is 10.1. The first-order valence-corrected chi connectivity index (χ1v) is 8.42. The van der Waals surface area contributed by atoms with Crippen LogP contribution in [0.15, 0.2) is 22.7 Å². The lowest BCUT2D eigenvalue weighted by Gasteiger charge is -2.19. The largest absolute Gasteiger partial charge is 0.399 e. The lowest BCUT2D eigenvalue weighted by molar-refractivity contribution is 0.0559. The molecule has 1 aromatic carbocycles. The molecule has 0 amide bonds. The van der Waals surface area contributed by atoms with E-state index < -0.39 is 18.8 Å². The van der Waals surface area contributed by atoms with Gasteiger partial charge >= 0.3 is 13.3 Å². The van der Waals surface area contributed by atoms with Crippen molar-refractivity contribution in [3.63, 3.8) is 0 Å². The Hall–Kier alpha value is -0.840. The van der Waals surface area contributed by atoms with Crippen LogP contribution >= 0.6 is 34.9 Å². The van der Waals surface area contributed by atoms with E-state index in [9.17, 15) is 13.3 Å². The van der Waals surface area contributed by atoms with Crippen molar-refractivity contribution in [3.05, 3.63) is 33.1 Å². The molecule has 0 aliphatic heterocycles. The lowest BCUT2D eigenvalue weighted by Crippen LogP contribution is -2.14. The number of fused-ring (bicyclic) bond motifs is 1. The number of halogens is 3. The van der Waals surface area contributed by atoms with Crippen LogP contribution in [0.5, 0.6) is 0 Å². The Kier molecular flexibility index (Phi) is 4.02. The molecule has 2 N–H and O–H groups in total. The van der Waals surface area contributed by atoms with Crippen LogP contribution in [0.3, 0.4) is 0 Å². The highest BCUT2D eigenvalue weighted by atomic mass is 79.9. The molecule has 0 saturated heterocycles. The third-order valence-corrected chi connectivity index (χ3v) is 5.33. The first-order valence-electron chi connectivity index (χ1n) is 5.19. The summed E-state index contributed by atoms with van der Waals surface area (Å²) in [5, 5.41) is 9.04. The molecule has 106 valence electrons. The van der Waals surface area contributed by atoms with Gasteiger partial charge in [0.1, 0.15) is 0 Å². The zero-order valence-electron chi connectivity index (χ0n) is 9.68. The summed E-state index contributed by atoms with van der Waals surface area (Å²) in [5.74, 6) is 0. The van der Waals surface area contributed by atoms with Crippen molar-refractivity contribution in [1.29, 1.82) is 5.26 Å². The van der Waals surface area contributed by atoms with E-state index in [4.69, 9.17) is 15.0 Å². The van der Waals surface area contributed by atoms with Crippen molar-refractivity contribution < 1.29 is 23.1 Å². The molecule has 0 saturated carbocycles. The molecule has 0 bridgehead atoms. The Morgan fingerprint density at radius 1 is 1.40 bits per heavy atom. The molecule has 2 aromatic rings. The molecule has 0 spiro atoms. The average molecular weight is 382 g/mol. The highest BCUT2D eigenvalue weighted by Gasteiger charge is 2.51. The number of hydrogen-bond acceptors (Lipinski definition) is 3. The van der Waals surface area contributed by atoms with Crippen molar-refractivity contribution in [2.75, 3.05) is 0 Å². The summed E-state index contributed by atoms with van der Waals surface area (Å²) >= 11 is 4.18. The maximum atomic E-state index is 13.8. The molecule has 0 radical (unpaired) electrons. The first kappa shape index (κ1) is 15.5. The van der Waals surface area contributed by atoms with Crippen LogP contribution in [0.4, 0.5) is 8.78 Å².